The SMILES string of the molecule is O=[Si]1c2ccccc2[Si](=O)c2ccccc21. The van der Waals surface area contributed by atoms with Crippen molar-refractivity contribution in [3.63, 3.8) is 0 Å². The third kappa shape index (κ3) is 1.23. The molecule has 1 aliphatic rings. The van der Waals surface area contributed by atoms with Gasteiger partial charge in [0, 0.05) is 20.7 Å². The summed E-state index contributed by atoms with van der Waals surface area (Å²) < 4.78 is 24.6. The smallest absolute Gasteiger partial charge is 0.347 e. The Hall–Kier alpha value is -1.53. The summed E-state index contributed by atoms with van der Waals surface area (Å²) in [4.78, 5) is 0. The van der Waals surface area contributed by atoms with Gasteiger partial charge < -0.3 is 8.92 Å². The molecule has 0 aromatic heterocycles. The number of fused-ring (bicyclic) bond motifs is 2. The quantitative estimate of drug-likeness (QED) is 0.476. The molecular formula is C12H8O2Si2. The summed E-state index contributed by atoms with van der Waals surface area (Å²) in [6, 6.07) is 14.7. The van der Waals surface area contributed by atoms with Crippen LogP contribution in [0.3, 0.4) is 0 Å². The highest BCUT2D eigenvalue weighted by atomic mass is 28.3. The van der Waals surface area contributed by atoms with Crippen molar-refractivity contribution in [3.05, 3.63) is 48.5 Å². The number of hydrogen-bond donors (Lipinski definition) is 0. The molecule has 76 valence electrons. The van der Waals surface area contributed by atoms with Gasteiger partial charge in [-0.3, -0.25) is 0 Å². The molecule has 0 atom stereocenters. The number of rotatable bonds is 0. The predicted molar refractivity (Wildman–Crippen MR) is 64.3 cm³/mol. The van der Waals surface area contributed by atoms with Crippen LogP contribution in [0.25, 0.3) is 0 Å². The predicted octanol–water partition coefficient (Wildman–Crippen LogP) is -0.928. The molecule has 0 amide bonds. The first-order valence-electron chi connectivity index (χ1n) is 5.06. The van der Waals surface area contributed by atoms with E-state index in [1.807, 2.05) is 48.5 Å². The zero-order chi connectivity index (χ0) is 11.1. The number of benzene rings is 2. The molecule has 0 unspecified atom stereocenters. The van der Waals surface area contributed by atoms with Crippen molar-refractivity contribution in [1.82, 2.24) is 0 Å². The summed E-state index contributed by atoms with van der Waals surface area (Å²) in [5.74, 6) is 0. The Bertz CT molecular complexity index is 514. The molecule has 0 fully saturated rings. The average molecular weight is 240 g/mol. The lowest BCUT2D eigenvalue weighted by molar-refractivity contribution is 0.571. The van der Waals surface area contributed by atoms with Crippen LogP contribution in [0.4, 0.5) is 0 Å². The molecule has 2 nitrogen and oxygen atoms in total. The van der Waals surface area contributed by atoms with Gasteiger partial charge in [-0.1, -0.05) is 48.5 Å². The molecule has 2 aromatic carbocycles. The second-order valence-electron chi connectivity index (χ2n) is 3.75. The lowest BCUT2D eigenvalue weighted by Crippen LogP contribution is -2.62. The van der Waals surface area contributed by atoms with Crippen LogP contribution in [0.1, 0.15) is 0 Å². The summed E-state index contributed by atoms with van der Waals surface area (Å²) in [5.41, 5.74) is 0. The Morgan fingerprint density at radius 2 is 0.812 bits per heavy atom. The van der Waals surface area contributed by atoms with Crippen molar-refractivity contribution in [3.8, 4) is 0 Å². The molecular weight excluding hydrogens is 232 g/mol. The summed E-state index contributed by atoms with van der Waals surface area (Å²) in [6.45, 7) is 0. The van der Waals surface area contributed by atoms with Crippen LogP contribution in [0, 0.1) is 0 Å². The van der Waals surface area contributed by atoms with E-state index < -0.39 is 17.4 Å². The highest BCUT2D eigenvalue weighted by molar-refractivity contribution is 6.92. The molecule has 2 aromatic rings. The van der Waals surface area contributed by atoms with E-state index >= 15 is 0 Å². The average Bonchev–Trinajstić information content (AvgIpc) is 2.36. The zero-order valence-corrected chi connectivity index (χ0v) is 10.4. The van der Waals surface area contributed by atoms with Crippen LogP contribution in [0.5, 0.6) is 0 Å². The van der Waals surface area contributed by atoms with E-state index in [1.54, 1.807) is 0 Å². The van der Waals surface area contributed by atoms with Gasteiger partial charge in [-0.05, 0) is 0 Å². The van der Waals surface area contributed by atoms with E-state index in [-0.39, 0.29) is 0 Å². The van der Waals surface area contributed by atoms with Gasteiger partial charge in [0.25, 0.3) is 0 Å². The monoisotopic (exact) mass is 240 g/mol. The van der Waals surface area contributed by atoms with Crippen LogP contribution < -0.4 is 20.7 Å². The van der Waals surface area contributed by atoms with Crippen LogP contribution in [-0.2, 0) is 8.92 Å². The van der Waals surface area contributed by atoms with E-state index in [9.17, 15) is 8.92 Å². The maximum Gasteiger partial charge on any atom is 0.347 e. The molecule has 4 heteroatoms. The molecule has 16 heavy (non-hydrogen) atoms. The van der Waals surface area contributed by atoms with Gasteiger partial charge in [0.1, 0.15) is 0 Å². The summed E-state index contributed by atoms with van der Waals surface area (Å²) in [5, 5.41) is 3.09. The third-order valence-corrected chi connectivity index (χ3v) is 7.03. The molecule has 0 radical (unpaired) electrons. The summed E-state index contributed by atoms with van der Waals surface area (Å²) in [7, 11) is -3.93. The Morgan fingerprint density at radius 3 is 1.06 bits per heavy atom. The van der Waals surface area contributed by atoms with E-state index in [0.29, 0.717) is 0 Å². The maximum atomic E-state index is 12.3. The summed E-state index contributed by atoms with van der Waals surface area (Å²) in [6.07, 6.45) is 0. The van der Waals surface area contributed by atoms with Gasteiger partial charge in [0.2, 0.25) is 0 Å². The highest BCUT2D eigenvalue weighted by Crippen LogP contribution is 1.91. The van der Waals surface area contributed by atoms with Crippen LogP contribution in [0.15, 0.2) is 48.5 Å². The Labute approximate surface area is 95.9 Å². The first-order chi connectivity index (χ1) is 7.79. The summed E-state index contributed by atoms with van der Waals surface area (Å²) >= 11 is 0. The van der Waals surface area contributed by atoms with E-state index in [1.165, 1.54) is 0 Å². The second-order valence-corrected chi connectivity index (χ2v) is 7.22. The van der Waals surface area contributed by atoms with Gasteiger partial charge in [-0.15, -0.1) is 0 Å². The molecule has 0 aliphatic carbocycles. The van der Waals surface area contributed by atoms with Crippen LogP contribution in [-0.4, -0.2) is 17.4 Å². The minimum Gasteiger partial charge on any atom is -0.376 e. The minimum atomic E-state index is -1.96. The van der Waals surface area contributed by atoms with E-state index in [4.69, 9.17) is 0 Å². The first kappa shape index (κ1) is 9.68. The van der Waals surface area contributed by atoms with E-state index in [0.717, 1.165) is 20.7 Å². The van der Waals surface area contributed by atoms with Crippen LogP contribution >= 0.6 is 0 Å². The van der Waals surface area contributed by atoms with Gasteiger partial charge >= 0.3 is 17.4 Å². The van der Waals surface area contributed by atoms with Gasteiger partial charge in [0.05, 0.1) is 0 Å². The van der Waals surface area contributed by atoms with Crippen molar-refractivity contribution < 1.29 is 8.92 Å². The van der Waals surface area contributed by atoms with Gasteiger partial charge in [-0.2, -0.15) is 0 Å². The fraction of sp³-hybridized carbons (Fsp3) is 0. The molecule has 0 spiro atoms. The first-order valence-corrected chi connectivity index (χ1v) is 7.88. The standard InChI is InChI=1S/C12H8O2Si2/c13-15-9-5-1-2-6-10(9)16(14)12-8-4-3-7-11(12)15/h1-8H. The van der Waals surface area contributed by atoms with Crippen molar-refractivity contribution in [2.75, 3.05) is 0 Å². The minimum absolute atomic E-state index is 0.773. The number of hydrogen-bond acceptors (Lipinski definition) is 2. The molecule has 0 N–H and O–H groups in total. The zero-order valence-electron chi connectivity index (χ0n) is 8.44. The third-order valence-electron chi connectivity index (χ3n) is 2.83. The fourth-order valence-corrected chi connectivity index (χ4v) is 6.29. The lowest BCUT2D eigenvalue weighted by Gasteiger charge is -2.14. The fourth-order valence-electron chi connectivity index (χ4n) is 2.05. The van der Waals surface area contributed by atoms with Crippen molar-refractivity contribution in [2.45, 2.75) is 0 Å². The lowest BCUT2D eigenvalue weighted by atomic mass is 10.3. The Balaban J connectivity index is 2.35. The maximum absolute atomic E-state index is 12.3. The van der Waals surface area contributed by atoms with Gasteiger partial charge in [-0.25, -0.2) is 0 Å². The molecule has 3 rings (SSSR count). The normalized spacial score (nSPS) is 13.2. The molecule has 1 heterocycles. The topological polar surface area (TPSA) is 34.1 Å². The van der Waals surface area contributed by atoms with E-state index in [2.05, 4.69) is 0 Å². The Morgan fingerprint density at radius 1 is 0.562 bits per heavy atom. The largest absolute Gasteiger partial charge is 0.376 e. The molecule has 1 aliphatic heterocycles. The molecule has 0 saturated heterocycles. The van der Waals surface area contributed by atoms with Crippen molar-refractivity contribution in [1.29, 1.82) is 0 Å². The molecule has 0 bridgehead atoms. The van der Waals surface area contributed by atoms with Gasteiger partial charge in [0.15, 0.2) is 0 Å². The Kier molecular flexibility index (Phi) is 2.12. The second kappa shape index (κ2) is 3.50. The van der Waals surface area contributed by atoms with Crippen molar-refractivity contribution in [2.24, 2.45) is 0 Å². The van der Waals surface area contributed by atoms with Crippen LogP contribution in [0.2, 0.25) is 0 Å². The molecule has 0 saturated carbocycles. The van der Waals surface area contributed by atoms with Crippen molar-refractivity contribution >= 4 is 38.1 Å². The highest BCUT2D eigenvalue weighted by Gasteiger charge is 2.31.